The zero-order chi connectivity index (χ0) is 14.7. The van der Waals surface area contributed by atoms with Gasteiger partial charge in [0.05, 0.1) is 19.6 Å². The minimum Gasteiger partial charge on any atom is -0.490 e. The number of hydrogen-bond donors (Lipinski definition) is 2. The molecule has 21 heavy (non-hydrogen) atoms. The van der Waals surface area contributed by atoms with Gasteiger partial charge in [-0.2, -0.15) is 0 Å². The van der Waals surface area contributed by atoms with Gasteiger partial charge in [0.2, 0.25) is 0 Å². The van der Waals surface area contributed by atoms with Crippen LogP contribution in [-0.4, -0.2) is 35.8 Å². The highest BCUT2D eigenvalue weighted by Gasteiger charge is 2.13. The molecule has 0 aliphatic carbocycles. The summed E-state index contributed by atoms with van der Waals surface area (Å²) in [7, 11) is 0. The van der Waals surface area contributed by atoms with E-state index in [2.05, 4.69) is 10.3 Å². The van der Waals surface area contributed by atoms with Gasteiger partial charge in [0.1, 0.15) is 5.82 Å². The number of benzene rings is 1. The number of hydrogen-bond acceptors (Lipinski definition) is 5. The van der Waals surface area contributed by atoms with E-state index in [4.69, 9.17) is 14.6 Å². The monoisotopic (exact) mass is 288 g/mol. The summed E-state index contributed by atoms with van der Waals surface area (Å²) in [4.78, 5) is 14.9. The first-order valence-corrected chi connectivity index (χ1v) is 6.88. The van der Waals surface area contributed by atoms with E-state index in [1.54, 1.807) is 6.20 Å². The first-order chi connectivity index (χ1) is 10.2. The van der Waals surface area contributed by atoms with Crippen molar-refractivity contribution < 1.29 is 19.4 Å². The summed E-state index contributed by atoms with van der Waals surface area (Å²) in [5, 5.41) is 13.6. The molecule has 110 valence electrons. The summed E-state index contributed by atoms with van der Waals surface area (Å²) in [6, 6.07) is 5.72. The number of ether oxygens (including phenoxy) is 2. The van der Waals surface area contributed by atoms with Crippen molar-refractivity contribution in [3.05, 3.63) is 24.4 Å². The van der Waals surface area contributed by atoms with E-state index in [0.717, 1.165) is 22.9 Å². The van der Waals surface area contributed by atoms with E-state index in [1.165, 1.54) is 0 Å². The highest BCUT2D eigenvalue weighted by atomic mass is 16.5. The van der Waals surface area contributed by atoms with Gasteiger partial charge in [0.15, 0.2) is 11.5 Å². The molecule has 0 saturated carbocycles. The number of pyridine rings is 1. The minimum absolute atomic E-state index is 0.0443. The van der Waals surface area contributed by atoms with Gasteiger partial charge in [-0.3, -0.25) is 4.79 Å². The summed E-state index contributed by atoms with van der Waals surface area (Å²) in [6.45, 7) is 1.60. The van der Waals surface area contributed by atoms with Crippen molar-refractivity contribution in [1.29, 1.82) is 0 Å². The molecule has 1 aromatic carbocycles. The molecule has 0 bridgehead atoms. The second-order valence-corrected chi connectivity index (χ2v) is 4.80. The van der Waals surface area contributed by atoms with Crippen LogP contribution in [0.25, 0.3) is 10.8 Å². The number of carboxylic acid groups (broad SMARTS) is 1. The number of fused-ring (bicyclic) bond motifs is 2. The standard InChI is InChI=1S/C15H16N2O4/c18-14(19)3-5-17-15-11-9-13-12(20-6-1-7-21-13)8-10(11)2-4-16-15/h2,4,8-9H,1,3,5-7H2,(H,16,17)(H,18,19). The molecule has 0 radical (unpaired) electrons. The van der Waals surface area contributed by atoms with Gasteiger partial charge in [-0.1, -0.05) is 0 Å². The largest absolute Gasteiger partial charge is 0.490 e. The molecule has 1 aromatic heterocycles. The van der Waals surface area contributed by atoms with Crippen LogP contribution in [0.4, 0.5) is 5.82 Å². The molecule has 2 heterocycles. The first-order valence-electron chi connectivity index (χ1n) is 6.88. The average Bonchev–Trinajstić information content (AvgIpc) is 2.69. The minimum atomic E-state index is -0.840. The van der Waals surface area contributed by atoms with Crippen LogP contribution in [0.3, 0.4) is 0 Å². The van der Waals surface area contributed by atoms with Crippen LogP contribution < -0.4 is 14.8 Å². The van der Waals surface area contributed by atoms with Gasteiger partial charge < -0.3 is 19.9 Å². The number of carbonyl (C=O) groups is 1. The number of aromatic nitrogens is 1. The number of nitrogens with zero attached hydrogens (tertiary/aromatic N) is 1. The third-order valence-corrected chi connectivity index (χ3v) is 3.26. The van der Waals surface area contributed by atoms with Crippen LogP contribution in [0.5, 0.6) is 11.5 Å². The van der Waals surface area contributed by atoms with Gasteiger partial charge in [0, 0.05) is 24.5 Å². The van der Waals surface area contributed by atoms with E-state index < -0.39 is 5.97 Å². The lowest BCUT2D eigenvalue weighted by molar-refractivity contribution is -0.136. The third-order valence-electron chi connectivity index (χ3n) is 3.26. The maximum Gasteiger partial charge on any atom is 0.305 e. The second kappa shape index (κ2) is 5.87. The molecule has 6 nitrogen and oxygen atoms in total. The molecule has 1 aliphatic rings. The lowest BCUT2D eigenvalue weighted by atomic mass is 10.1. The quantitative estimate of drug-likeness (QED) is 0.898. The average molecular weight is 288 g/mol. The van der Waals surface area contributed by atoms with Crippen molar-refractivity contribution in [1.82, 2.24) is 4.98 Å². The molecule has 2 aromatic rings. The van der Waals surface area contributed by atoms with E-state index in [9.17, 15) is 4.79 Å². The number of carboxylic acids is 1. The van der Waals surface area contributed by atoms with Crippen molar-refractivity contribution >= 4 is 22.6 Å². The summed E-state index contributed by atoms with van der Waals surface area (Å²) in [5.41, 5.74) is 0. The molecular formula is C15H16N2O4. The number of anilines is 1. The molecule has 0 unspecified atom stereocenters. The highest BCUT2D eigenvalue weighted by molar-refractivity contribution is 5.94. The topological polar surface area (TPSA) is 80.7 Å². The fourth-order valence-corrected chi connectivity index (χ4v) is 2.26. The molecule has 3 rings (SSSR count). The van der Waals surface area contributed by atoms with Crippen molar-refractivity contribution in [2.24, 2.45) is 0 Å². The van der Waals surface area contributed by atoms with Crippen LogP contribution in [0, 0.1) is 0 Å². The van der Waals surface area contributed by atoms with Gasteiger partial charge >= 0.3 is 5.97 Å². The van der Waals surface area contributed by atoms with E-state index >= 15 is 0 Å². The molecular weight excluding hydrogens is 272 g/mol. The van der Waals surface area contributed by atoms with Crippen LogP contribution in [0.2, 0.25) is 0 Å². The predicted octanol–water partition coefficient (Wildman–Crippen LogP) is 2.28. The SMILES string of the molecule is O=C(O)CCNc1nccc2cc3c(cc12)OCCCO3. The molecule has 0 spiro atoms. The molecule has 0 amide bonds. The zero-order valence-electron chi connectivity index (χ0n) is 11.5. The highest BCUT2D eigenvalue weighted by Crippen LogP contribution is 2.36. The molecule has 2 N–H and O–H groups in total. The van der Waals surface area contributed by atoms with E-state index in [1.807, 2.05) is 18.2 Å². The van der Waals surface area contributed by atoms with E-state index in [0.29, 0.717) is 31.3 Å². The third kappa shape index (κ3) is 2.99. The van der Waals surface area contributed by atoms with Crippen LogP contribution in [-0.2, 0) is 4.79 Å². The maximum absolute atomic E-state index is 10.6. The van der Waals surface area contributed by atoms with Crippen LogP contribution in [0.15, 0.2) is 24.4 Å². The molecule has 0 saturated heterocycles. The zero-order valence-corrected chi connectivity index (χ0v) is 11.5. The smallest absolute Gasteiger partial charge is 0.305 e. The van der Waals surface area contributed by atoms with Crippen molar-refractivity contribution in [3.63, 3.8) is 0 Å². The normalized spacial score (nSPS) is 13.7. The van der Waals surface area contributed by atoms with Gasteiger partial charge in [-0.05, 0) is 23.6 Å². The summed E-state index contributed by atoms with van der Waals surface area (Å²) in [5.74, 6) is 1.26. The lowest BCUT2D eigenvalue weighted by Gasteiger charge is -2.12. The Morgan fingerprint density at radius 3 is 2.81 bits per heavy atom. The van der Waals surface area contributed by atoms with Crippen molar-refractivity contribution in [2.75, 3.05) is 25.1 Å². The van der Waals surface area contributed by atoms with Crippen LogP contribution in [0.1, 0.15) is 12.8 Å². The maximum atomic E-state index is 10.6. The summed E-state index contributed by atoms with van der Waals surface area (Å²) >= 11 is 0. The Bertz CT molecular complexity index is 672. The second-order valence-electron chi connectivity index (χ2n) is 4.80. The summed E-state index contributed by atoms with van der Waals surface area (Å²) in [6.07, 6.45) is 2.59. The Kier molecular flexibility index (Phi) is 3.77. The molecule has 0 atom stereocenters. The van der Waals surface area contributed by atoms with Gasteiger partial charge in [-0.15, -0.1) is 0 Å². The number of rotatable bonds is 4. The van der Waals surface area contributed by atoms with E-state index in [-0.39, 0.29) is 6.42 Å². The fraction of sp³-hybridized carbons (Fsp3) is 0.333. The Morgan fingerprint density at radius 2 is 2.05 bits per heavy atom. The lowest BCUT2D eigenvalue weighted by Crippen LogP contribution is -2.08. The Labute approximate surface area is 121 Å². The summed E-state index contributed by atoms with van der Waals surface area (Å²) < 4.78 is 11.3. The van der Waals surface area contributed by atoms with Crippen molar-refractivity contribution in [3.8, 4) is 11.5 Å². The predicted molar refractivity (Wildman–Crippen MR) is 78.1 cm³/mol. The Hall–Kier alpha value is -2.50. The first kappa shape index (κ1) is 13.5. The number of aliphatic carboxylic acids is 1. The molecule has 6 heteroatoms. The Morgan fingerprint density at radius 1 is 1.29 bits per heavy atom. The van der Waals surface area contributed by atoms with Crippen LogP contribution >= 0.6 is 0 Å². The fourth-order valence-electron chi connectivity index (χ4n) is 2.26. The van der Waals surface area contributed by atoms with Crippen molar-refractivity contribution in [2.45, 2.75) is 12.8 Å². The van der Waals surface area contributed by atoms with Gasteiger partial charge in [0.25, 0.3) is 0 Å². The van der Waals surface area contributed by atoms with Gasteiger partial charge in [-0.25, -0.2) is 4.98 Å². The molecule has 0 fully saturated rings. The number of nitrogens with one attached hydrogen (secondary N) is 1. The molecule has 1 aliphatic heterocycles. The Balaban J connectivity index is 1.94.